The van der Waals surface area contributed by atoms with E-state index < -0.39 is 23.6 Å². The number of para-hydroxylation sites is 1. The molecule has 0 atom stereocenters. The first-order chi connectivity index (χ1) is 18.5. The molecule has 4 rings (SSSR count). The Hall–Kier alpha value is -4.27. The lowest BCUT2D eigenvalue weighted by Crippen LogP contribution is -2.24. The SMILES string of the molecule is CCOC(=O)C1=C(C)N(c2ccc(OCC)cc2)C(=O)/C1=C\c1cc(C)n(-c2ccccc2C(F)(F)F)c1C. The summed E-state index contributed by atoms with van der Waals surface area (Å²) in [5, 5.41) is 0. The van der Waals surface area contributed by atoms with Gasteiger partial charge in [0, 0.05) is 22.8 Å². The number of hydrogen-bond donors (Lipinski definition) is 0. The molecule has 1 aliphatic rings. The van der Waals surface area contributed by atoms with E-state index >= 15 is 0 Å². The average Bonchev–Trinajstić information content (AvgIpc) is 3.30. The molecule has 0 unspecified atom stereocenters. The maximum atomic E-state index is 13.8. The topological polar surface area (TPSA) is 60.8 Å². The average molecular weight is 539 g/mol. The van der Waals surface area contributed by atoms with Crippen molar-refractivity contribution in [2.24, 2.45) is 0 Å². The number of benzene rings is 2. The summed E-state index contributed by atoms with van der Waals surface area (Å²) in [4.78, 5) is 28.2. The summed E-state index contributed by atoms with van der Waals surface area (Å²) >= 11 is 0. The van der Waals surface area contributed by atoms with Crippen molar-refractivity contribution in [3.05, 3.63) is 94.0 Å². The Morgan fingerprint density at radius 2 is 1.64 bits per heavy atom. The summed E-state index contributed by atoms with van der Waals surface area (Å²) in [5.41, 5.74) is 1.90. The third-order valence-corrected chi connectivity index (χ3v) is 6.51. The molecule has 0 fully saturated rings. The van der Waals surface area contributed by atoms with Crippen molar-refractivity contribution in [2.75, 3.05) is 18.1 Å². The van der Waals surface area contributed by atoms with Gasteiger partial charge in [-0.05, 0) is 88.7 Å². The first-order valence-corrected chi connectivity index (χ1v) is 12.5. The van der Waals surface area contributed by atoms with Crippen LogP contribution >= 0.6 is 0 Å². The fraction of sp³-hybridized carbons (Fsp3) is 0.267. The lowest BCUT2D eigenvalue weighted by Gasteiger charge is -2.18. The molecule has 2 aromatic carbocycles. The number of nitrogens with zero attached hydrogens (tertiary/aromatic N) is 2. The number of carbonyl (C=O) groups excluding carboxylic acids is 2. The van der Waals surface area contributed by atoms with Gasteiger partial charge in [0.2, 0.25) is 0 Å². The van der Waals surface area contributed by atoms with E-state index in [-0.39, 0.29) is 23.4 Å². The molecule has 0 spiro atoms. The van der Waals surface area contributed by atoms with E-state index in [1.165, 1.54) is 21.6 Å². The molecule has 204 valence electrons. The highest BCUT2D eigenvalue weighted by Crippen LogP contribution is 2.38. The third-order valence-electron chi connectivity index (χ3n) is 6.51. The molecule has 1 aliphatic heterocycles. The molecule has 0 saturated carbocycles. The fourth-order valence-electron chi connectivity index (χ4n) is 4.82. The van der Waals surface area contributed by atoms with Crippen molar-refractivity contribution in [3.8, 4) is 11.4 Å². The van der Waals surface area contributed by atoms with Gasteiger partial charge in [-0.25, -0.2) is 4.79 Å². The van der Waals surface area contributed by atoms with E-state index in [2.05, 4.69) is 0 Å². The number of anilines is 1. The largest absolute Gasteiger partial charge is 0.494 e. The van der Waals surface area contributed by atoms with Crippen LogP contribution < -0.4 is 9.64 Å². The van der Waals surface area contributed by atoms with E-state index in [9.17, 15) is 22.8 Å². The quantitative estimate of drug-likeness (QED) is 0.246. The molecule has 0 bridgehead atoms. The van der Waals surface area contributed by atoms with Crippen LogP contribution in [-0.4, -0.2) is 29.7 Å². The van der Waals surface area contributed by atoms with E-state index in [0.29, 0.717) is 40.7 Å². The van der Waals surface area contributed by atoms with Gasteiger partial charge in [0.15, 0.2) is 0 Å². The number of aromatic nitrogens is 1. The van der Waals surface area contributed by atoms with Crippen LogP contribution in [0.25, 0.3) is 11.8 Å². The number of alkyl halides is 3. The Bertz CT molecular complexity index is 1480. The van der Waals surface area contributed by atoms with E-state index in [1.54, 1.807) is 70.2 Å². The molecule has 9 heteroatoms. The Labute approximate surface area is 224 Å². The number of allylic oxidation sites excluding steroid dienone is 1. The number of amides is 1. The highest BCUT2D eigenvalue weighted by Gasteiger charge is 2.39. The summed E-state index contributed by atoms with van der Waals surface area (Å²) in [6.45, 7) is 9.17. The number of carbonyl (C=O) groups is 2. The van der Waals surface area contributed by atoms with Gasteiger partial charge >= 0.3 is 12.1 Å². The van der Waals surface area contributed by atoms with Crippen LogP contribution in [0.2, 0.25) is 0 Å². The summed E-state index contributed by atoms with van der Waals surface area (Å²) in [6, 6.07) is 13.9. The van der Waals surface area contributed by atoms with Crippen molar-refractivity contribution in [3.63, 3.8) is 0 Å². The molecule has 0 radical (unpaired) electrons. The monoisotopic (exact) mass is 538 g/mol. The standard InChI is InChI=1S/C30H29F3N2O4/c1-6-38-23-14-12-22(13-15-23)35-20(5)27(29(37)39-7-2)24(28(35)36)17-21-16-18(3)34(19(21)4)26-11-9-8-10-25(26)30(31,32)33/h8-17H,6-7H2,1-5H3/b24-17-. The number of halogens is 3. The van der Waals surface area contributed by atoms with Gasteiger partial charge in [-0.2, -0.15) is 13.2 Å². The lowest BCUT2D eigenvalue weighted by atomic mass is 10.0. The predicted molar refractivity (Wildman–Crippen MR) is 143 cm³/mol. The minimum Gasteiger partial charge on any atom is -0.494 e. The second-order valence-electron chi connectivity index (χ2n) is 8.98. The van der Waals surface area contributed by atoms with E-state index in [4.69, 9.17) is 9.47 Å². The number of rotatable bonds is 7. The molecule has 1 amide bonds. The molecule has 3 aromatic rings. The Balaban J connectivity index is 1.84. The Morgan fingerprint density at radius 3 is 2.26 bits per heavy atom. The molecule has 2 heterocycles. The molecule has 0 N–H and O–H groups in total. The lowest BCUT2D eigenvalue weighted by molar-refractivity contribution is -0.138. The zero-order chi connectivity index (χ0) is 28.5. The second-order valence-corrected chi connectivity index (χ2v) is 8.98. The fourth-order valence-corrected chi connectivity index (χ4v) is 4.82. The second kappa shape index (κ2) is 10.8. The predicted octanol–water partition coefficient (Wildman–Crippen LogP) is 6.78. The van der Waals surface area contributed by atoms with Gasteiger partial charge in [-0.3, -0.25) is 9.69 Å². The third kappa shape index (κ3) is 5.21. The first kappa shape index (κ1) is 27.8. The molecule has 39 heavy (non-hydrogen) atoms. The highest BCUT2D eigenvalue weighted by atomic mass is 19.4. The molecule has 6 nitrogen and oxygen atoms in total. The Morgan fingerprint density at radius 1 is 0.974 bits per heavy atom. The summed E-state index contributed by atoms with van der Waals surface area (Å²) < 4.78 is 53.6. The number of hydrogen-bond acceptors (Lipinski definition) is 4. The number of ether oxygens (including phenoxy) is 2. The number of esters is 1. The minimum absolute atomic E-state index is 0.0178. The smallest absolute Gasteiger partial charge is 0.418 e. The zero-order valence-corrected chi connectivity index (χ0v) is 22.3. The van der Waals surface area contributed by atoms with Gasteiger partial charge in [0.25, 0.3) is 5.91 Å². The van der Waals surface area contributed by atoms with Crippen molar-refractivity contribution in [2.45, 2.75) is 40.8 Å². The van der Waals surface area contributed by atoms with Crippen LogP contribution in [0.3, 0.4) is 0 Å². The van der Waals surface area contributed by atoms with Crippen molar-refractivity contribution in [1.29, 1.82) is 0 Å². The van der Waals surface area contributed by atoms with Crippen LogP contribution in [0.4, 0.5) is 18.9 Å². The molecule has 1 aromatic heterocycles. The van der Waals surface area contributed by atoms with Crippen LogP contribution in [0.5, 0.6) is 5.75 Å². The van der Waals surface area contributed by atoms with Crippen molar-refractivity contribution < 1.29 is 32.2 Å². The minimum atomic E-state index is -4.55. The van der Waals surface area contributed by atoms with Crippen molar-refractivity contribution >= 4 is 23.6 Å². The zero-order valence-electron chi connectivity index (χ0n) is 22.3. The van der Waals surface area contributed by atoms with E-state index in [1.807, 2.05) is 6.92 Å². The van der Waals surface area contributed by atoms with Crippen LogP contribution in [0.15, 0.2) is 71.4 Å². The first-order valence-electron chi connectivity index (χ1n) is 12.5. The van der Waals surface area contributed by atoms with Gasteiger partial charge in [-0.15, -0.1) is 0 Å². The van der Waals surface area contributed by atoms with Crippen LogP contribution in [-0.2, 0) is 20.5 Å². The van der Waals surface area contributed by atoms with Gasteiger partial charge in [0.1, 0.15) is 5.75 Å². The highest BCUT2D eigenvalue weighted by molar-refractivity contribution is 6.23. The van der Waals surface area contributed by atoms with Crippen LogP contribution in [0.1, 0.15) is 43.3 Å². The molecular weight excluding hydrogens is 509 g/mol. The maximum Gasteiger partial charge on any atom is 0.418 e. The number of aryl methyl sites for hydroxylation is 1. The Kier molecular flexibility index (Phi) is 7.72. The van der Waals surface area contributed by atoms with E-state index in [0.717, 1.165) is 6.07 Å². The summed E-state index contributed by atoms with van der Waals surface area (Å²) in [5.74, 6) is -0.457. The van der Waals surface area contributed by atoms with Crippen LogP contribution in [0, 0.1) is 13.8 Å². The van der Waals surface area contributed by atoms with Gasteiger partial charge < -0.3 is 14.0 Å². The molecule has 0 saturated heterocycles. The van der Waals surface area contributed by atoms with Gasteiger partial charge in [0.05, 0.1) is 35.6 Å². The maximum absolute atomic E-state index is 13.8. The van der Waals surface area contributed by atoms with Crippen molar-refractivity contribution in [1.82, 2.24) is 4.57 Å². The molecular formula is C30H29F3N2O4. The summed E-state index contributed by atoms with van der Waals surface area (Å²) in [7, 11) is 0. The normalized spacial score (nSPS) is 14.9. The molecule has 0 aliphatic carbocycles. The summed E-state index contributed by atoms with van der Waals surface area (Å²) in [6.07, 6.45) is -3.00. The van der Waals surface area contributed by atoms with Gasteiger partial charge in [-0.1, -0.05) is 12.1 Å².